The Kier molecular flexibility index (Phi) is 9.97. The first-order chi connectivity index (χ1) is 29.7. The third kappa shape index (κ3) is 7.80. The van der Waals surface area contributed by atoms with Crippen LogP contribution in [0.1, 0.15) is 0 Å². The summed E-state index contributed by atoms with van der Waals surface area (Å²) >= 11 is 0. The number of nitrogens with zero attached hydrogens (tertiary/aromatic N) is 3. The Bertz CT molecular complexity index is 2660. The van der Waals surface area contributed by atoms with E-state index >= 15 is 0 Å². The molecule has 0 atom stereocenters. The average molecular weight is 766 g/mol. The monoisotopic (exact) mass is 765 g/mol. The Hall–Kier alpha value is -8.01. The Morgan fingerprint density at radius 2 is 0.350 bits per heavy atom. The van der Waals surface area contributed by atoms with Crippen LogP contribution >= 0.6 is 0 Å². The highest BCUT2D eigenvalue weighted by Gasteiger charge is 2.17. The molecule has 282 valence electrons. The summed E-state index contributed by atoms with van der Waals surface area (Å²) in [7, 11) is 0. The summed E-state index contributed by atoms with van der Waals surface area (Å²) in [5, 5.41) is 0. The van der Waals surface area contributed by atoms with E-state index in [-0.39, 0.29) is 0 Å². The maximum atomic E-state index is 5.29. The van der Waals surface area contributed by atoms with Crippen molar-refractivity contribution in [3.63, 3.8) is 0 Å². The summed E-state index contributed by atoms with van der Waals surface area (Å²) in [6, 6.07) is 83.1. The van der Waals surface area contributed by atoms with E-state index in [1.165, 1.54) is 11.1 Å². The highest BCUT2D eigenvalue weighted by atomic mass is 15.0. The van der Waals surface area contributed by atoms with Gasteiger partial charge in [-0.15, -0.1) is 0 Å². The molecular formula is C57H39N3. The van der Waals surface area contributed by atoms with Gasteiger partial charge in [0.25, 0.3) is 0 Å². The van der Waals surface area contributed by atoms with E-state index in [9.17, 15) is 0 Å². The fourth-order valence-corrected chi connectivity index (χ4v) is 7.81. The number of hydrogen-bond donors (Lipinski definition) is 0. The zero-order valence-corrected chi connectivity index (χ0v) is 32.9. The Morgan fingerprint density at radius 1 is 0.150 bits per heavy atom. The van der Waals surface area contributed by atoms with Crippen LogP contribution in [0.15, 0.2) is 237 Å². The van der Waals surface area contributed by atoms with Gasteiger partial charge in [-0.1, -0.05) is 194 Å². The van der Waals surface area contributed by atoms with Crippen molar-refractivity contribution >= 4 is 0 Å². The van der Waals surface area contributed by atoms with Gasteiger partial charge in [-0.25, -0.2) is 15.0 Å². The topological polar surface area (TPSA) is 38.7 Å². The van der Waals surface area contributed by atoms with E-state index in [0.717, 1.165) is 72.3 Å². The van der Waals surface area contributed by atoms with Crippen molar-refractivity contribution < 1.29 is 0 Å². The molecule has 0 aliphatic heterocycles. The molecule has 0 bridgehead atoms. The van der Waals surface area contributed by atoms with E-state index in [0.29, 0.717) is 17.5 Å². The summed E-state index contributed by atoms with van der Waals surface area (Å²) in [6.07, 6.45) is 0. The molecule has 0 saturated heterocycles. The lowest BCUT2D eigenvalue weighted by atomic mass is 9.92. The quantitative estimate of drug-likeness (QED) is 0.147. The standard InChI is InChI=1S/C57H39N3/c1-5-17-40(18-6-1)44-25-13-29-48(33-44)52-37-53(49-30-14-26-45(34-49)41-19-7-2-8-20-41)39-54(38-52)57-59-55(50-31-15-27-46(35-50)42-21-9-3-10-22-42)58-56(60-57)51-32-16-28-47(36-51)43-23-11-4-12-24-43/h1-39H. The molecule has 1 aromatic heterocycles. The van der Waals surface area contributed by atoms with Crippen LogP contribution < -0.4 is 0 Å². The molecule has 0 aliphatic rings. The Balaban J connectivity index is 1.17. The van der Waals surface area contributed by atoms with Gasteiger partial charge in [0.15, 0.2) is 17.5 Å². The number of hydrogen-bond acceptors (Lipinski definition) is 3. The summed E-state index contributed by atoms with van der Waals surface area (Å²) in [6.45, 7) is 0. The van der Waals surface area contributed by atoms with Crippen molar-refractivity contribution in [2.75, 3.05) is 0 Å². The SMILES string of the molecule is c1ccc(-c2cccc(-c3cc(-c4cccc(-c5ccccc5)c4)cc(-c4nc(-c5cccc(-c6ccccc6)c5)nc(-c5cccc(-c6ccccc6)c5)n4)c3)c2)cc1. The molecule has 9 aromatic carbocycles. The molecule has 0 fully saturated rings. The first-order valence-corrected chi connectivity index (χ1v) is 20.3. The van der Waals surface area contributed by atoms with Crippen molar-refractivity contribution in [1.29, 1.82) is 0 Å². The molecule has 0 spiro atoms. The minimum atomic E-state index is 0.603. The first-order valence-electron chi connectivity index (χ1n) is 20.3. The summed E-state index contributed by atoms with van der Waals surface area (Å²) in [5.41, 5.74) is 16.3. The fraction of sp³-hybridized carbons (Fsp3) is 0. The molecule has 0 aliphatic carbocycles. The largest absolute Gasteiger partial charge is 0.208 e. The van der Waals surface area contributed by atoms with Crippen molar-refractivity contribution in [3.8, 4) is 101 Å². The van der Waals surface area contributed by atoms with E-state index in [1.54, 1.807) is 0 Å². The third-order valence-electron chi connectivity index (χ3n) is 10.9. The highest BCUT2D eigenvalue weighted by Crippen LogP contribution is 2.37. The van der Waals surface area contributed by atoms with Crippen LogP contribution in [-0.2, 0) is 0 Å². The van der Waals surface area contributed by atoms with Gasteiger partial charge in [-0.3, -0.25) is 0 Å². The lowest BCUT2D eigenvalue weighted by Crippen LogP contribution is -2.01. The van der Waals surface area contributed by atoms with E-state index in [4.69, 9.17) is 15.0 Å². The molecular weight excluding hydrogens is 727 g/mol. The molecule has 0 N–H and O–H groups in total. The van der Waals surface area contributed by atoms with Crippen LogP contribution in [0.25, 0.3) is 101 Å². The lowest BCUT2D eigenvalue weighted by Gasteiger charge is -2.14. The van der Waals surface area contributed by atoms with E-state index in [2.05, 4.69) is 224 Å². The Morgan fingerprint density at radius 3 is 0.667 bits per heavy atom. The summed E-state index contributed by atoms with van der Waals surface area (Å²) in [5.74, 6) is 1.83. The number of rotatable bonds is 9. The van der Waals surface area contributed by atoms with Crippen LogP contribution in [0.2, 0.25) is 0 Å². The second-order valence-corrected chi connectivity index (χ2v) is 14.9. The minimum Gasteiger partial charge on any atom is -0.208 e. The van der Waals surface area contributed by atoms with Crippen LogP contribution in [0.5, 0.6) is 0 Å². The van der Waals surface area contributed by atoms with Crippen LogP contribution in [0.3, 0.4) is 0 Å². The average Bonchev–Trinajstić information content (AvgIpc) is 3.35. The second-order valence-electron chi connectivity index (χ2n) is 14.9. The van der Waals surface area contributed by atoms with Gasteiger partial charge in [-0.2, -0.15) is 0 Å². The fourth-order valence-electron chi connectivity index (χ4n) is 7.81. The van der Waals surface area contributed by atoms with E-state index < -0.39 is 0 Å². The maximum Gasteiger partial charge on any atom is 0.164 e. The van der Waals surface area contributed by atoms with Gasteiger partial charge < -0.3 is 0 Å². The van der Waals surface area contributed by atoms with Crippen molar-refractivity contribution in [3.05, 3.63) is 237 Å². The summed E-state index contributed by atoms with van der Waals surface area (Å²) < 4.78 is 0. The minimum absolute atomic E-state index is 0.603. The molecule has 3 heteroatoms. The second kappa shape index (κ2) is 16.5. The highest BCUT2D eigenvalue weighted by molar-refractivity contribution is 5.84. The van der Waals surface area contributed by atoms with Gasteiger partial charge in [0, 0.05) is 16.7 Å². The van der Waals surface area contributed by atoms with Gasteiger partial charge >= 0.3 is 0 Å². The molecule has 0 unspecified atom stereocenters. The molecule has 1 heterocycles. The normalized spacial score (nSPS) is 11.0. The molecule has 0 amide bonds. The smallest absolute Gasteiger partial charge is 0.164 e. The van der Waals surface area contributed by atoms with Crippen LogP contribution in [0, 0.1) is 0 Å². The number of aromatic nitrogens is 3. The van der Waals surface area contributed by atoms with Gasteiger partial charge in [0.2, 0.25) is 0 Å². The van der Waals surface area contributed by atoms with Crippen molar-refractivity contribution in [2.24, 2.45) is 0 Å². The van der Waals surface area contributed by atoms with E-state index in [1.807, 2.05) is 12.1 Å². The molecule has 60 heavy (non-hydrogen) atoms. The molecule has 0 radical (unpaired) electrons. The zero-order chi connectivity index (χ0) is 40.1. The molecule has 10 rings (SSSR count). The lowest BCUT2D eigenvalue weighted by molar-refractivity contribution is 1.07. The van der Waals surface area contributed by atoms with Gasteiger partial charge in [0.05, 0.1) is 0 Å². The van der Waals surface area contributed by atoms with Crippen LogP contribution in [-0.4, -0.2) is 15.0 Å². The van der Waals surface area contributed by atoms with Crippen LogP contribution in [0.4, 0.5) is 0 Å². The molecule has 3 nitrogen and oxygen atoms in total. The van der Waals surface area contributed by atoms with Crippen molar-refractivity contribution in [2.45, 2.75) is 0 Å². The summed E-state index contributed by atoms with van der Waals surface area (Å²) in [4.78, 5) is 15.8. The van der Waals surface area contributed by atoms with Gasteiger partial charge in [0.1, 0.15) is 0 Å². The predicted molar refractivity (Wildman–Crippen MR) is 249 cm³/mol. The van der Waals surface area contributed by atoms with Crippen molar-refractivity contribution in [1.82, 2.24) is 15.0 Å². The Labute approximate surface area is 351 Å². The molecule has 0 saturated carbocycles. The predicted octanol–water partition coefficient (Wildman–Crippen LogP) is 14.9. The maximum absolute atomic E-state index is 5.29. The third-order valence-corrected chi connectivity index (χ3v) is 10.9. The molecule has 10 aromatic rings. The van der Waals surface area contributed by atoms with Gasteiger partial charge in [-0.05, 0) is 109 Å². The zero-order valence-electron chi connectivity index (χ0n) is 32.9. The first kappa shape index (κ1) is 36.3. The number of benzene rings is 9.